The normalized spacial score (nSPS) is 49.0. The molecule has 16 atom stereocenters. The number of hydrogen-bond acceptors (Lipinski definition) is 10. The second-order valence-corrected chi connectivity index (χ2v) is 19.6. The van der Waals surface area contributed by atoms with Crippen molar-refractivity contribution >= 4 is 5.97 Å². The molecule has 1 aromatic rings. The van der Waals surface area contributed by atoms with Gasteiger partial charge in [-0.25, -0.2) is 4.68 Å². The van der Waals surface area contributed by atoms with E-state index in [-0.39, 0.29) is 46.0 Å². The van der Waals surface area contributed by atoms with Crippen LogP contribution in [-0.4, -0.2) is 102 Å². The van der Waals surface area contributed by atoms with Gasteiger partial charge in [-0.3, -0.25) is 4.79 Å². The summed E-state index contributed by atoms with van der Waals surface area (Å²) in [7, 11) is 0. The van der Waals surface area contributed by atoms with Gasteiger partial charge in [0.25, 0.3) is 0 Å². The number of carbonyl (C=O) groups is 1. The van der Waals surface area contributed by atoms with E-state index in [0.29, 0.717) is 30.7 Å². The van der Waals surface area contributed by atoms with Crippen LogP contribution in [0.15, 0.2) is 18.3 Å². The minimum atomic E-state index is -1.50. The second kappa shape index (κ2) is 13.6. The number of rotatable bonds is 9. The van der Waals surface area contributed by atoms with Crippen molar-refractivity contribution in [2.24, 2.45) is 62.6 Å². The summed E-state index contributed by atoms with van der Waals surface area (Å²) in [5.41, 5.74) is 1.08. The molecule has 5 unspecified atom stereocenters. The molecular weight excluding hydrogens is 678 g/mol. The van der Waals surface area contributed by atoms with E-state index in [1.807, 2.05) is 6.20 Å². The van der Waals surface area contributed by atoms with Crippen molar-refractivity contribution in [1.82, 2.24) is 15.0 Å². The fourth-order valence-electron chi connectivity index (χ4n) is 14.3. The molecule has 5 saturated carbocycles. The van der Waals surface area contributed by atoms with Crippen molar-refractivity contribution in [3.05, 3.63) is 24.0 Å². The van der Waals surface area contributed by atoms with Gasteiger partial charge in [-0.15, -0.1) is 5.10 Å². The van der Waals surface area contributed by atoms with Crippen LogP contribution in [0.3, 0.4) is 0 Å². The van der Waals surface area contributed by atoms with Crippen LogP contribution in [0.4, 0.5) is 0 Å². The van der Waals surface area contributed by atoms with Crippen molar-refractivity contribution in [2.75, 3.05) is 13.2 Å². The van der Waals surface area contributed by atoms with E-state index in [1.54, 1.807) is 4.68 Å². The molecule has 7 rings (SSSR count). The van der Waals surface area contributed by atoms with Gasteiger partial charge in [0.15, 0.2) is 6.29 Å². The van der Waals surface area contributed by atoms with Gasteiger partial charge >= 0.3 is 5.97 Å². The molecule has 12 nitrogen and oxygen atoms in total. The first-order chi connectivity index (χ1) is 24.9. The molecule has 1 saturated heterocycles. The highest BCUT2D eigenvalue weighted by Crippen LogP contribution is 2.78. The Hall–Kier alpha value is -1.93. The Morgan fingerprint density at radius 2 is 1.70 bits per heavy atom. The highest BCUT2D eigenvalue weighted by molar-refractivity contribution is 5.76. The van der Waals surface area contributed by atoms with Crippen molar-refractivity contribution in [1.29, 1.82) is 0 Å². The Balaban J connectivity index is 1.08. The number of carboxylic acids is 1. The van der Waals surface area contributed by atoms with E-state index in [4.69, 9.17) is 9.47 Å². The number of aliphatic hydroxyl groups is 5. The SMILES string of the molecule is C=C(C)[C@@H]1CC[C@]2(C(=O)O)CC[C@]3(C)[C@H](CC[C@@H]4[C@@]5(C)C[C@@H](Cc6cn(CCOC7OC(CO)C(O)C(O)C7O)nn6)[C@H](O)C(C)(C)[C@@H]5CC[C@]43C)[C@@H]12. The maximum Gasteiger partial charge on any atom is 0.309 e. The van der Waals surface area contributed by atoms with Crippen LogP contribution in [0, 0.1) is 62.6 Å². The van der Waals surface area contributed by atoms with E-state index in [9.17, 15) is 35.4 Å². The summed E-state index contributed by atoms with van der Waals surface area (Å²) in [6, 6.07) is 0. The predicted octanol–water partition coefficient (Wildman–Crippen LogP) is 3.97. The maximum absolute atomic E-state index is 13.1. The molecule has 53 heavy (non-hydrogen) atoms. The summed E-state index contributed by atoms with van der Waals surface area (Å²) in [6.07, 6.45) is 3.91. The number of carboxylic acid groups (broad SMARTS) is 1. The monoisotopic (exact) mass is 743 g/mol. The van der Waals surface area contributed by atoms with E-state index < -0.39 is 54.8 Å². The van der Waals surface area contributed by atoms with Crippen LogP contribution in [0.1, 0.15) is 105 Å². The molecule has 6 fully saturated rings. The third kappa shape index (κ3) is 5.81. The molecular formula is C41H65N3O9. The molecule has 0 bridgehead atoms. The van der Waals surface area contributed by atoms with Gasteiger partial charge in [0.2, 0.25) is 0 Å². The lowest BCUT2D eigenvalue weighted by Gasteiger charge is -2.73. The van der Waals surface area contributed by atoms with Crippen LogP contribution in [0.2, 0.25) is 0 Å². The number of hydrogen-bond donors (Lipinski definition) is 6. The van der Waals surface area contributed by atoms with Crippen molar-refractivity contribution in [3.63, 3.8) is 0 Å². The molecule has 1 aliphatic heterocycles. The van der Waals surface area contributed by atoms with Gasteiger partial charge < -0.3 is 40.1 Å². The zero-order valence-corrected chi connectivity index (χ0v) is 32.7. The van der Waals surface area contributed by atoms with E-state index >= 15 is 0 Å². The molecule has 0 spiro atoms. The first-order valence-corrected chi connectivity index (χ1v) is 20.2. The van der Waals surface area contributed by atoms with Crippen molar-refractivity contribution in [2.45, 2.75) is 149 Å². The summed E-state index contributed by atoms with van der Waals surface area (Å²) in [6.45, 7) is 18.5. The first kappa shape index (κ1) is 39.3. The summed E-state index contributed by atoms with van der Waals surface area (Å²) in [5, 5.41) is 71.5. The third-order valence-corrected chi connectivity index (χ3v) is 17.1. The van der Waals surface area contributed by atoms with Gasteiger partial charge in [0, 0.05) is 6.20 Å². The number of aliphatic hydroxyl groups excluding tert-OH is 5. The summed E-state index contributed by atoms with van der Waals surface area (Å²) in [5.74, 6) is 0.984. The van der Waals surface area contributed by atoms with Gasteiger partial charge in [-0.1, -0.05) is 52.0 Å². The number of fused-ring (bicyclic) bond motifs is 7. The lowest BCUT2D eigenvalue weighted by atomic mass is 9.31. The lowest BCUT2D eigenvalue weighted by Crippen LogP contribution is -2.68. The largest absolute Gasteiger partial charge is 0.481 e. The van der Waals surface area contributed by atoms with Gasteiger partial charge in [-0.05, 0) is 128 Å². The van der Waals surface area contributed by atoms with Gasteiger partial charge in [-0.2, -0.15) is 0 Å². The smallest absolute Gasteiger partial charge is 0.309 e. The maximum atomic E-state index is 13.1. The molecule has 298 valence electrons. The summed E-state index contributed by atoms with van der Waals surface area (Å²) < 4.78 is 12.8. The fourth-order valence-corrected chi connectivity index (χ4v) is 14.3. The molecule has 5 aliphatic carbocycles. The average Bonchev–Trinajstić information content (AvgIpc) is 3.73. The Bertz CT molecular complexity index is 1550. The zero-order valence-electron chi connectivity index (χ0n) is 32.7. The first-order valence-electron chi connectivity index (χ1n) is 20.2. The van der Waals surface area contributed by atoms with Gasteiger partial charge in [0.1, 0.15) is 24.4 Å². The Kier molecular flexibility index (Phi) is 10.1. The van der Waals surface area contributed by atoms with Crippen LogP contribution in [-0.2, 0) is 27.2 Å². The van der Waals surface area contributed by atoms with Crippen molar-refractivity contribution < 1.29 is 44.9 Å². The van der Waals surface area contributed by atoms with Crippen LogP contribution < -0.4 is 0 Å². The Labute approximate surface area is 314 Å². The van der Waals surface area contributed by atoms with Crippen molar-refractivity contribution in [3.8, 4) is 0 Å². The van der Waals surface area contributed by atoms with E-state index in [0.717, 1.165) is 69.1 Å². The lowest BCUT2D eigenvalue weighted by molar-refractivity contribution is -0.301. The highest BCUT2D eigenvalue weighted by Gasteiger charge is 2.72. The Morgan fingerprint density at radius 3 is 2.38 bits per heavy atom. The fraction of sp³-hybridized carbons (Fsp3) is 0.878. The van der Waals surface area contributed by atoms with Gasteiger partial charge in [0.05, 0.1) is 37.0 Å². The predicted molar refractivity (Wildman–Crippen MR) is 195 cm³/mol. The van der Waals surface area contributed by atoms with Crippen LogP contribution in [0.25, 0.3) is 0 Å². The number of ether oxygens (including phenoxy) is 2. The molecule has 0 radical (unpaired) electrons. The topological polar surface area (TPSA) is 188 Å². The molecule has 0 amide bonds. The number of aromatic nitrogens is 3. The second-order valence-electron chi connectivity index (χ2n) is 19.6. The minimum absolute atomic E-state index is 0.00558. The summed E-state index contributed by atoms with van der Waals surface area (Å²) in [4.78, 5) is 13.1. The Morgan fingerprint density at radius 1 is 0.962 bits per heavy atom. The number of nitrogens with zero attached hydrogens (tertiary/aromatic N) is 3. The molecule has 12 heteroatoms. The molecule has 0 aromatic carbocycles. The minimum Gasteiger partial charge on any atom is -0.481 e. The molecule has 1 aromatic heterocycles. The number of aliphatic carboxylic acids is 1. The summed E-state index contributed by atoms with van der Waals surface area (Å²) >= 11 is 0. The van der Waals surface area contributed by atoms with Crippen LogP contribution in [0.5, 0.6) is 0 Å². The quantitative estimate of drug-likeness (QED) is 0.201. The standard InChI is InChI=1S/C41H65N3O9/c1-22(2)25-10-13-41(36(50)51)15-14-39(6)26(30(25)41)8-9-29-38(5)19-23(34(49)37(3,4)28(38)11-12-40(29,39)7)18-24-20-44(43-42-24)16-17-52-35-33(48)32(47)31(46)27(21-45)53-35/h20,23,25-35,45-49H,1,8-19,21H2,2-7H3,(H,50,51)/t23-,25+,26-,27?,28+,29-,30-,31?,32?,33?,34+,35?,38+,39-,40-,41+/m1/s1. The molecule has 6 N–H and O–H groups in total. The zero-order chi connectivity index (χ0) is 38.5. The van der Waals surface area contributed by atoms with E-state index in [1.165, 1.54) is 0 Å². The highest BCUT2D eigenvalue weighted by atomic mass is 16.7. The molecule has 6 aliphatic rings. The van der Waals surface area contributed by atoms with Crippen LogP contribution >= 0.6 is 0 Å². The third-order valence-electron chi connectivity index (χ3n) is 17.1. The van der Waals surface area contributed by atoms with E-state index in [2.05, 4.69) is 58.4 Å². The number of allylic oxidation sites excluding steroid dienone is 1. The average molecular weight is 744 g/mol. The molecule has 2 heterocycles.